The first-order valence-corrected chi connectivity index (χ1v) is 18.0. The van der Waals surface area contributed by atoms with Crippen molar-refractivity contribution < 1.29 is 0 Å². The van der Waals surface area contributed by atoms with E-state index in [1.807, 2.05) is 8.60 Å². The molecular formula is C15H33BPb. The maximum atomic E-state index is 2.51. The molecule has 0 rings (SSSR count). The van der Waals surface area contributed by atoms with Crippen LogP contribution in [0.5, 0.6) is 0 Å². The molecule has 100 valence electrons. The van der Waals surface area contributed by atoms with E-state index in [9.17, 15) is 0 Å². The first kappa shape index (κ1) is 17.7. The average molecular weight is 431 g/mol. The Hall–Kier alpha value is 0.727. The summed E-state index contributed by atoms with van der Waals surface area (Å²) in [5, 5.41) is 0. The van der Waals surface area contributed by atoms with Crippen molar-refractivity contribution in [3.05, 3.63) is 8.60 Å². The molecule has 0 amide bonds. The molecule has 0 heterocycles. The third-order valence-corrected chi connectivity index (χ3v) is 28.4. The van der Waals surface area contributed by atoms with Gasteiger partial charge in [-0.15, -0.1) is 0 Å². The third-order valence-electron chi connectivity index (χ3n) is 5.17. The molecule has 0 aliphatic heterocycles. The molecule has 0 aliphatic rings. The number of allylic oxidation sites excluding steroid dienone is 2. The van der Waals surface area contributed by atoms with Gasteiger partial charge in [0.2, 0.25) is 0 Å². The predicted octanol–water partition coefficient (Wildman–Crippen LogP) is 5.83. The molecule has 0 saturated heterocycles. The van der Waals surface area contributed by atoms with Crippen molar-refractivity contribution in [2.45, 2.75) is 79.5 Å². The van der Waals surface area contributed by atoms with Gasteiger partial charge in [-0.2, -0.15) is 0 Å². The molecule has 0 radical (unpaired) electrons. The van der Waals surface area contributed by atoms with Crippen LogP contribution in [-0.4, -0.2) is 27.9 Å². The Morgan fingerprint density at radius 2 is 1.24 bits per heavy atom. The zero-order valence-electron chi connectivity index (χ0n) is 13.3. The summed E-state index contributed by atoms with van der Waals surface area (Å²) >= 11 is -2.07. The molecule has 2 heteroatoms. The SMILES string of the molecule is CCB(CC)/C(CC)=[C](/C)[Pb]([CH2]C)([CH2]C)[CH2]C. The predicted molar refractivity (Wildman–Crippen MR) is 86.9 cm³/mol. The van der Waals surface area contributed by atoms with Crippen molar-refractivity contribution in [2.24, 2.45) is 0 Å². The maximum absolute atomic E-state index is 2.51. The quantitative estimate of drug-likeness (QED) is 0.424. The Kier molecular flexibility index (Phi) is 9.14. The molecule has 0 spiro atoms. The molecule has 0 nitrogen and oxygen atoms in total. The van der Waals surface area contributed by atoms with Crippen LogP contribution in [0, 0.1) is 0 Å². The van der Waals surface area contributed by atoms with Gasteiger partial charge in [-0.3, -0.25) is 0 Å². The Balaban J connectivity index is 5.45. The van der Waals surface area contributed by atoms with Crippen LogP contribution in [0.25, 0.3) is 0 Å². The van der Waals surface area contributed by atoms with E-state index < -0.39 is 21.2 Å². The van der Waals surface area contributed by atoms with Crippen LogP contribution in [0.3, 0.4) is 0 Å². The van der Waals surface area contributed by atoms with E-state index in [0.717, 1.165) is 6.71 Å². The third kappa shape index (κ3) is 4.11. The summed E-state index contributed by atoms with van der Waals surface area (Å²) in [6.07, 6.45) is 3.95. The van der Waals surface area contributed by atoms with Gasteiger partial charge in [0, 0.05) is 0 Å². The van der Waals surface area contributed by atoms with Gasteiger partial charge < -0.3 is 0 Å². The summed E-state index contributed by atoms with van der Waals surface area (Å²) in [6.45, 7) is 17.8. The van der Waals surface area contributed by atoms with Gasteiger partial charge in [0.15, 0.2) is 0 Å². The first-order valence-electron chi connectivity index (χ1n) is 7.76. The second-order valence-corrected chi connectivity index (χ2v) is 26.5. The molecular weight excluding hydrogens is 398 g/mol. The molecule has 0 N–H and O–H groups in total. The van der Waals surface area contributed by atoms with Gasteiger partial charge in [-0.25, -0.2) is 0 Å². The topological polar surface area (TPSA) is 0 Å². The van der Waals surface area contributed by atoms with Gasteiger partial charge in [-0.1, -0.05) is 0 Å². The van der Waals surface area contributed by atoms with Crippen LogP contribution in [-0.2, 0) is 0 Å². The summed E-state index contributed by atoms with van der Waals surface area (Å²) in [7, 11) is 0. The fourth-order valence-corrected chi connectivity index (χ4v) is 19.7. The normalized spacial score (nSPS) is 13.6. The Morgan fingerprint density at radius 1 is 0.824 bits per heavy atom. The summed E-state index contributed by atoms with van der Waals surface area (Å²) in [4.78, 5) is 0. The summed E-state index contributed by atoms with van der Waals surface area (Å²) in [6, 6.07) is 0. The second kappa shape index (κ2) is 8.76. The van der Waals surface area contributed by atoms with E-state index in [-0.39, 0.29) is 0 Å². The van der Waals surface area contributed by atoms with Crippen LogP contribution in [0.2, 0.25) is 24.6 Å². The fourth-order valence-electron chi connectivity index (χ4n) is 3.53. The van der Waals surface area contributed by atoms with Gasteiger partial charge in [0.1, 0.15) is 0 Å². The minimum atomic E-state index is -2.07. The van der Waals surface area contributed by atoms with Gasteiger partial charge in [-0.05, 0) is 0 Å². The van der Waals surface area contributed by atoms with Crippen molar-refractivity contribution in [2.75, 3.05) is 0 Å². The van der Waals surface area contributed by atoms with Gasteiger partial charge in [0.25, 0.3) is 0 Å². The summed E-state index contributed by atoms with van der Waals surface area (Å²) in [5.74, 6) is 0. The zero-order chi connectivity index (χ0) is 13.5. The molecule has 0 aliphatic carbocycles. The van der Waals surface area contributed by atoms with E-state index >= 15 is 0 Å². The van der Waals surface area contributed by atoms with Crippen molar-refractivity contribution in [3.8, 4) is 0 Å². The molecule has 0 saturated carbocycles. The van der Waals surface area contributed by atoms with Crippen molar-refractivity contribution in [3.63, 3.8) is 0 Å². The van der Waals surface area contributed by atoms with Crippen molar-refractivity contribution in [1.82, 2.24) is 0 Å². The molecule has 0 atom stereocenters. The van der Waals surface area contributed by atoms with E-state index in [1.165, 1.54) is 31.0 Å². The van der Waals surface area contributed by atoms with Crippen molar-refractivity contribution in [1.29, 1.82) is 0 Å². The number of rotatable bonds is 8. The van der Waals surface area contributed by atoms with E-state index in [4.69, 9.17) is 0 Å². The summed E-state index contributed by atoms with van der Waals surface area (Å²) in [5.41, 5.74) is 1.85. The van der Waals surface area contributed by atoms with Crippen LogP contribution < -0.4 is 0 Å². The molecule has 0 fully saturated rings. The zero-order valence-corrected chi connectivity index (χ0v) is 17.2. The Bertz CT molecular complexity index is 229. The first-order chi connectivity index (χ1) is 8.06. The Morgan fingerprint density at radius 3 is 1.47 bits per heavy atom. The van der Waals surface area contributed by atoms with E-state index in [2.05, 4.69) is 48.5 Å². The molecule has 0 bridgehead atoms. The van der Waals surface area contributed by atoms with Crippen LogP contribution in [0.1, 0.15) is 54.9 Å². The monoisotopic (exact) mass is 432 g/mol. The van der Waals surface area contributed by atoms with Crippen LogP contribution in [0.15, 0.2) is 8.60 Å². The molecule has 0 aromatic rings. The average Bonchev–Trinajstić information content (AvgIpc) is 2.38. The molecule has 17 heavy (non-hydrogen) atoms. The minimum absolute atomic E-state index is 0.865. The molecule has 0 unspecified atom stereocenters. The van der Waals surface area contributed by atoms with Crippen LogP contribution >= 0.6 is 0 Å². The number of hydrogen-bond acceptors (Lipinski definition) is 0. The Labute approximate surface area is 115 Å². The van der Waals surface area contributed by atoms with E-state index in [1.54, 1.807) is 0 Å². The number of hydrogen-bond donors (Lipinski definition) is 0. The van der Waals surface area contributed by atoms with Gasteiger partial charge in [0.05, 0.1) is 0 Å². The van der Waals surface area contributed by atoms with E-state index in [0.29, 0.717) is 0 Å². The van der Waals surface area contributed by atoms with Gasteiger partial charge >= 0.3 is 116 Å². The molecule has 0 aromatic heterocycles. The van der Waals surface area contributed by atoms with Crippen molar-refractivity contribution >= 4 is 27.9 Å². The molecule has 0 aromatic carbocycles. The van der Waals surface area contributed by atoms with Crippen LogP contribution in [0.4, 0.5) is 0 Å². The second-order valence-electron chi connectivity index (χ2n) is 5.36. The fraction of sp³-hybridized carbons (Fsp3) is 0.867. The summed E-state index contributed by atoms with van der Waals surface area (Å²) < 4.78 is 6.46. The standard InChI is InChI=1S/C9H18B.3C2H5.Pb/c1-5-9(6-2)10(7-3)8-4;3*1-2;/h5,7-8H2,1-4H3;3*1H2,2H3;.